The predicted molar refractivity (Wildman–Crippen MR) is 90.5 cm³/mol. The van der Waals surface area contributed by atoms with Crippen molar-refractivity contribution in [2.75, 3.05) is 7.05 Å². The highest BCUT2D eigenvalue weighted by Crippen LogP contribution is 2.33. The summed E-state index contributed by atoms with van der Waals surface area (Å²) in [7, 11) is 2.05. The van der Waals surface area contributed by atoms with Crippen LogP contribution in [0.4, 0.5) is 0 Å². The van der Waals surface area contributed by atoms with Gasteiger partial charge in [-0.05, 0) is 43.1 Å². The van der Waals surface area contributed by atoms with E-state index in [0.717, 1.165) is 0 Å². The van der Waals surface area contributed by atoms with Gasteiger partial charge in [0, 0.05) is 15.8 Å². The Kier molecular flexibility index (Phi) is 5.81. The number of thiophene rings is 1. The molecule has 20 heavy (non-hydrogen) atoms. The number of rotatable bonds is 7. The molecular formula is C18H25NS. The molecule has 2 aromatic rings. The van der Waals surface area contributed by atoms with Gasteiger partial charge in [0.2, 0.25) is 0 Å². The Bertz CT molecular complexity index is 512. The van der Waals surface area contributed by atoms with Crippen molar-refractivity contribution in [1.29, 1.82) is 0 Å². The summed E-state index contributed by atoms with van der Waals surface area (Å²) in [5.74, 6) is 0. The first-order chi connectivity index (χ1) is 9.78. The molecule has 2 rings (SSSR count). The highest BCUT2D eigenvalue weighted by atomic mass is 32.1. The van der Waals surface area contributed by atoms with Crippen LogP contribution in [0, 0.1) is 0 Å². The van der Waals surface area contributed by atoms with Crippen LogP contribution in [0.2, 0.25) is 0 Å². The molecule has 0 bridgehead atoms. The van der Waals surface area contributed by atoms with Crippen LogP contribution in [-0.4, -0.2) is 7.05 Å². The smallest absolute Gasteiger partial charge is 0.0412 e. The van der Waals surface area contributed by atoms with Crippen LogP contribution in [0.1, 0.15) is 49.6 Å². The average molecular weight is 287 g/mol. The minimum Gasteiger partial charge on any atom is -0.312 e. The minimum absolute atomic E-state index is 0.498. The summed E-state index contributed by atoms with van der Waals surface area (Å²) in [6.07, 6.45) is 4.80. The summed E-state index contributed by atoms with van der Waals surface area (Å²) >= 11 is 1.92. The molecule has 0 aliphatic rings. The first-order valence-electron chi connectivity index (χ1n) is 7.64. The molecule has 1 heterocycles. The van der Waals surface area contributed by atoms with Gasteiger partial charge in [0.15, 0.2) is 0 Å². The summed E-state index contributed by atoms with van der Waals surface area (Å²) < 4.78 is 0. The van der Waals surface area contributed by atoms with Crippen molar-refractivity contribution >= 4 is 11.3 Å². The number of hydrogen-bond donors (Lipinski definition) is 1. The summed E-state index contributed by atoms with van der Waals surface area (Å²) in [6, 6.07) is 14.1. The van der Waals surface area contributed by atoms with E-state index in [2.05, 4.69) is 62.6 Å². The largest absolute Gasteiger partial charge is 0.312 e. The second-order valence-electron chi connectivity index (χ2n) is 5.28. The number of aryl methyl sites for hydroxylation is 1. The highest BCUT2D eigenvalue weighted by molar-refractivity contribution is 7.15. The van der Waals surface area contributed by atoms with E-state index in [-0.39, 0.29) is 0 Å². The van der Waals surface area contributed by atoms with Crippen LogP contribution in [0.3, 0.4) is 0 Å². The monoisotopic (exact) mass is 287 g/mol. The second kappa shape index (κ2) is 7.61. The Balaban J connectivity index is 2.15. The molecular weight excluding hydrogens is 262 g/mol. The maximum Gasteiger partial charge on any atom is 0.0412 e. The van der Waals surface area contributed by atoms with Gasteiger partial charge in [0.1, 0.15) is 0 Å². The summed E-state index contributed by atoms with van der Waals surface area (Å²) in [4.78, 5) is 2.82. The zero-order valence-electron chi connectivity index (χ0n) is 12.8. The van der Waals surface area contributed by atoms with E-state index in [1.807, 2.05) is 11.3 Å². The minimum atomic E-state index is 0.498. The number of nitrogens with one attached hydrogen (secondary N) is 1. The van der Waals surface area contributed by atoms with Gasteiger partial charge in [-0.25, -0.2) is 0 Å². The van der Waals surface area contributed by atoms with Gasteiger partial charge in [-0.15, -0.1) is 11.3 Å². The Morgan fingerprint density at radius 3 is 2.35 bits per heavy atom. The number of benzene rings is 1. The molecule has 0 aliphatic carbocycles. The molecule has 0 aliphatic heterocycles. The molecule has 1 aromatic heterocycles. The van der Waals surface area contributed by atoms with Gasteiger partial charge in [0.25, 0.3) is 0 Å². The van der Waals surface area contributed by atoms with Crippen LogP contribution in [0.15, 0.2) is 36.4 Å². The Morgan fingerprint density at radius 2 is 1.75 bits per heavy atom. The molecule has 0 fully saturated rings. The van der Waals surface area contributed by atoms with Crippen molar-refractivity contribution in [3.8, 4) is 10.4 Å². The molecule has 0 radical (unpaired) electrons. The zero-order chi connectivity index (χ0) is 14.4. The third-order valence-corrected chi connectivity index (χ3v) is 4.92. The maximum atomic E-state index is 3.42. The maximum absolute atomic E-state index is 3.42. The van der Waals surface area contributed by atoms with Crippen LogP contribution < -0.4 is 5.32 Å². The second-order valence-corrected chi connectivity index (χ2v) is 6.39. The van der Waals surface area contributed by atoms with Crippen molar-refractivity contribution in [2.24, 2.45) is 0 Å². The lowest BCUT2D eigenvalue weighted by atomic mass is 10.1. The molecule has 108 valence electrons. The van der Waals surface area contributed by atoms with Crippen molar-refractivity contribution < 1.29 is 0 Å². The lowest BCUT2D eigenvalue weighted by molar-refractivity contribution is 0.550. The fourth-order valence-electron chi connectivity index (χ4n) is 2.54. The molecule has 0 saturated heterocycles. The van der Waals surface area contributed by atoms with Crippen LogP contribution >= 0.6 is 11.3 Å². The first-order valence-corrected chi connectivity index (χ1v) is 8.46. The van der Waals surface area contributed by atoms with Crippen molar-refractivity contribution in [1.82, 2.24) is 5.32 Å². The molecule has 1 atom stereocenters. The van der Waals surface area contributed by atoms with Gasteiger partial charge in [-0.1, -0.05) is 51.0 Å². The summed E-state index contributed by atoms with van der Waals surface area (Å²) in [6.45, 7) is 4.47. The van der Waals surface area contributed by atoms with E-state index >= 15 is 0 Å². The fraction of sp³-hybridized carbons (Fsp3) is 0.444. The molecule has 1 unspecified atom stereocenters. The zero-order valence-corrected chi connectivity index (χ0v) is 13.6. The van der Waals surface area contributed by atoms with Crippen molar-refractivity contribution in [3.63, 3.8) is 0 Å². The van der Waals surface area contributed by atoms with E-state index in [1.54, 1.807) is 0 Å². The van der Waals surface area contributed by atoms with Gasteiger partial charge >= 0.3 is 0 Å². The van der Waals surface area contributed by atoms with E-state index < -0.39 is 0 Å². The lowest BCUT2D eigenvalue weighted by Gasteiger charge is -2.12. The van der Waals surface area contributed by atoms with Crippen molar-refractivity contribution in [3.05, 3.63) is 46.8 Å². The van der Waals surface area contributed by atoms with Gasteiger partial charge in [-0.2, -0.15) is 0 Å². The van der Waals surface area contributed by atoms with Gasteiger partial charge < -0.3 is 5.32 Å². The third-order valence-electron chi connectivity index (χ3n) is 3.67. The normalized spacial score (nSPS) is 12.6. The van der Waals surface area contributed by atoms with Gasteiger partial charge in [-0.3, -0.25) is 0 Å². The fourth-order valence-corrected chi connectivity index (χ4v) is 3.70. The Hall–Kier alpha value is -1.12. The molecule has 0 amide bonds. The van der Waals surface area contributed by atoms with E-state index in [1.165, 1.54) is 46.6 Å². The van der Waals surface area contributed by atoms with Crippen LogP contribution in [0.25, 0.3) is 10.4 Å². The predicted octanol–water partition coefficient (Wildman–Crippen LogP) is 5.43. The topological polar surface area (TPSA) is 12.0 Å². The van der Waals surface area contributed by atoms with Crippen LogP contribution in [-0.2, 0) is 6.42 Å². The Morgan fingerprint density at radius 1 is 1.00 bits per heavy atom. The first kappa shape index (κ1) is 15.3. The molecule has 1 aromatic carbocycles. The molecule has 1 N–H and O–H groups in total. The lowest BCUT2D eigenvalue weighted by Crippen LogP contribution is -2.14. The van der Waals surface area contributed by atoms with Gasteiger partial charge in [0.05, 0.1) is 0 Å². The molecule has 2 heteroatoms. The van der Waals surface area contributed by atoms with E-state index in [0.29, 0.717) is 6.04 Å². The average Bonchev–Trinajstić information content (AvgIpc) is 2.95. The van der Waals surface area contributed by atoms with E-state index in [4.69, 9.17) is 0 Å². The molecule has 0 saturated carbocycles. The summed E-state index contributed by atoms with van der Waals surface area (Å²) in [5.41, 5.74) is 2.78. The summed E-state index contributed by atoms with van der Waals surface area (Å²) in [5, 5.41) is 3.42. The number of hydrogen-bond acceptors (Lipinski definition) is 2. The van der Waals surface area contributed by atoms with Crippen LogP contribution in [0.5, 0.6) is 0 Å². The quantitative estimate of drug-likeness (QED) is 0.716. The standard InChI is InChI=1S/C18H25NS/c1-4-6-14-8-10-15(11-9-14)17-12-13-18(20-17)16(19-3)7-5-2/h8-13,16,19H,4-7H2,1-3H3. The molecule has 0 spiro atoms. The SMILES string of the molecule is CCCc1ccc(-c2ccc(C(CCC)NC)s2)cc1. The Labute approximate surface area is 127 Å². The highest BCUT2D eigenvalue weighted by Gasteiger charge is 2.11. The van der Waals surface area contributed by atoms with Crippen molar-refractivity contribution in [2.45, 2.75) is 45.6 Å². The van der Waals surface area contributed by atoms with E-state index in [9.17, 15) is 0 Å². The third kappa shape index (κ3) is 3.71. The molecule has 1 nitrogen and oxygen atoms in total.